The van der Waals surface area contributed by atoms with E-state index >= 15 is 0 Å². The van der Waals surface area contributed by atoms with Gasteiger partial charge in [-0.1, -0.05) is 65.0 Å². The van der Waals surface area contributed by atoms with E-state index in [1.165, 1.54) is 55.2 Å². The van der Waals surface area contributed by atoms with Crippen LogP contribution in [0.25, 0.3) is 0 Å². The molecule has 0 amide bonds. The molecule has 1 N–H and O–H groups in total. The molecule has 0 bridgehead atoms. The second-order valence-corrected chi connectivity index (χ2v) is 13.0. The number of halogens is 1. The first-order valence-electron chi connectivity index (χ1n) is 14.2. The van der Waals surface area contributed by atoms with Gasteiger partial charge in [-0.15, -0.1) is 0 Å². The topological polar surface area (TPSA) is 41.1 Å². The van der Waals surface area contributed by atoms with Crippen LogP contribution in [0.4, 0.5) is 10.1 Å². The molecule has 1 aliphatic carbocycles. The molecule has 38 heavy (non-hydrogen) atoms. The van der Waals surface area contributed by atoms with Gasteiger partial charge in [-0.3, -0.25) is 4.90 Å². The Kier molecular flexibility index (Phi) is 8.69. The van der Waals surface area contributed by atoms with Crippen molar-refractivity contribution in [1.82, 2.24) is 14.9 Å². The highest BCUT2D eigenvalue weighted by atomic mass is 32.2. The third kappa shape index (κ3) is 7.15. The van der Waals surface area contributed by atoms with Crippen LogP contribution in [0.1, 0.15) is 87.4 Å². The van der Waals surface area contributed by atoms with Crippen molar-refractivity contribution in [3.63, 3.8) is 0 Å². The molecule has 1 aromatic heterocycles. The van der Waals surface area contributed by atoms with Crippen LogP contribution in [0.15, 0.2) is 53.7 Å². The van der Waals surface area contributed by atoms with Crippen molar-refractivity contribution in [2.75, 3.05) is 11.3 Å². The van der Waals surface area contributed by atoms with E-state index in [4.69, 9.17) is 0 Å². The van der Waals surface area contributed by atoms with Crippen LogP contribution >= 0.6 is 11.9 Å². The van der Waals surface area contributed by atoms with E-state index in [1.807, 2.05) is 18.5 Å². The maximum absolute atomic E-state index is 14.8. The summed E-state index contributed by atoms with van der Waals surface area (Å²) >= 11 is 1.49. The van der Waals surface area contributed by atoms with Gasteiger partial charge >= 0.3 is 0 Å². The monoisotopic (exact) mass is 532 g/mol. The molecule has 202 valence electrons. The van der Waals surface area contributed by atoms with Crippen LogP contribution in [-0.2, 0) is 31.3 Å². The minimum absolute atomic E-state index is 0.0312. The summed E-state index contributed by atoms with van der Waals surface area (Å²) in [5.74, 6) is 1.62. The molecule has 0 saturated heterocycles. The molecule has 1 aliphatic heterocycles. The smallest absolute Gasteiger partial charge is 0.147 e. The van der Waals surface area contributed by atoms with E-state index in [0.29, 0.717) is 5.69 Å². The average Bonchev–Trinajstić information content (AvgIpc) is 3.42. The third-order valence-corrected chi connectivity index (χ3v) is 8.73. The molecule has 1 saturated carbocycles. The second kappa shape index (κ2) is 12.2. The number of nitrogens with one attached hydrogen (secondary N) is 1. The Balaban J connectivity index is 1.11. The lowest BCUT2D eigenvalue weighted by molar-refractivity contribution is 0.244. The van der Waals surface area contributed by atoms with Crippen molar-refractivity contribution in [3.05, 3.63) is 82.7 Å². The van der Waals surface area contributed by atoms with Gasteiger partial charge in [0.25, 0.3) is 0 Å². The van der Waals surface area contributed by atoms with Crippen molar-refractivity contribution in [1.29, 1.82) is 0 Å². The molecule has 0 spiro atoms. The van der Waals surface area contributed by atoms with Crippen molar-refractivity contribution in [3.8, 4) is 0 Å². The minimum atomic E-state index is -0.163. The Bertz CT molecular complexity index is 1220. The van der Waals surface area contributed by atoms with Gasteiger partial charge in [0, 0.05) is 47.9 Å². The number of aromatic nitrogens is 2. The van der Waals surface area contributed by atoms with Crippen molar-refractivity contribution in [2.45, 2.75) is 95.5 Å². The van der Waals surface area contributed by atoms with E-state index in [1.54, 1.807) is 6.07 Å². The zero-order valence-electron chi connectivity index (χ0n) is 23.1. The first kappa shape index (κ1) is 27.1. The Labute approximate surface area is 232 Å². The molecule has 5 rings (SSSR count). The molecule has 2 aliphatic rings. The second-order valence-electron chi connectivity index (χ2n) is 12.1. The molecule has 1 fully saturated rings. The largest absolute Gasteiger partial charge is 0.323 e. The number of nitrogens with zero attached hydrogens (tertiary/aromatic N) is 3. The van der Waals surface area contributed by atoms with E-state index in [0.717, 1.165) is 66.7 Å². The number of fused-ring (bicyclic) bond motifs is 1. The highest BCUT2D eigenvalue weighted by Gasteiger charge is 2.20. The summed E-state index contributed by atoms with van der Waals surface area (Å²) in [6.45, 7) is 9.20. The Hall–Kier alpha value is -2.44. The summed E-state index contributed by atoms with van der Waals surface area (Å²) in [5, 5.41) is 0. The Morgan fingerprint density at radius 2 is 1.79 bits per heavy atom. The van der Waals surface area contributed by atoms with E-state index < -0.39 is 0 Å². The van der Waals surface area contributed by atoms with Gasteiger partial charge in [-0.2, -0.15) is 0 Å². The first-order chi connectivity index (χ1) is 18.3. The summed E-state index contributed by atoms with van der Waals surface area (Å²) < 4.78 is 18.0. The van der Waals surface area contributed by atoms with Crippen LogP contribution in [-0.4, -0.2) is 21.4 Å². The van der Waals surface area contributed by atoms with E-state index in [9.17, 15) is 4.39 Å². The number of rotatable bonds is 9. The van der Waals surface area contributed by atoms with Gasteiger partial charge in [-0.05, 0) is 78.1 Å². The van der Waals surface area contributed by atoms with Gasteiger partial charge in [0.1, 0.15) is 11.6 Å². The Morgan fingerprint density at radius 3 is 2.53 bits per heavy atom. The summed E-state index contributed by atoms with van der Waals surface area (Å²) in [6, 6.07) is 12.3. The lowest BCUT2D eigenvalue weighted by Gasteiger charge is -2.29. The molecule has 2 heterocycles. The fourth-order valence-corrected chi connectivity index (χ4v) is 6.40. The summed E-state index contributed by atoms with van der Waals surface area (Å²) in [6.07, 6.45) is 13.9. The van der Waals surface area contributed by atoms with Crippen LogP contribution in [0.5, 0.6) is 0 Å². The lowest BCUT2D eigenvalue weighted by Crippen LogP contribution is -2.30. The zero-order valence-corrected chi connectivity index (χ0v) is 23.9. The fourth-order valence-electron chi connectivity index (χ4n) is 5.67. The molecule has 0 atom stereocenters. The predicted octanol–water partition coefficient (Wildman–Crippen LogP) is 8.10. The SMILES string of the molecule is CC(C)(C)c1ncc(CN2CCc3cc(SNc4ccc(CCCC5CCCC5)cc4F)ccc3C2)cn1. The molecular weight excluding hydrogens is 491 g/mol. The maximum Gasteiger partial charge on any atom is 0.147 e. The number of hydrogen-bond acceptors (Lipinski definition) is 5. The standard InChI is InChI=1S/C32H41FN4S/c1-32(2,3)31-34-19-25(20-35-31)21-37-16-15-26-18-28(13-12-27(26)22-37)38-36-30-14-11-24(17-29(30)33)10-6-9-23-7-4-5-8-23/h11-14,17-20,23,36H,4-10,15-16,21-22H2,1-3H3. The van der Waals surface area contributed by atoms with Crippen LogP contribution in [0.3, 0.4) is 0 Å². The third-order valence-electron chi connectivity index (χ3n) is 7.92. The van der Waals surface area contributed by atoms with Crippen molar-refractivity contribution in [2.24, 2.45) is 5.92 Å². The van der Waals surface area contributed by atoms with Gasteiger partial charge < -0.3 is 4.72 Å². The molecule has 2 aromatic carbocycles. The van der Waals surface area contributed by atoms with Crippen LogP contribution in [0, 0.1) is 11.7 Å². The molecule has 6 heteroatoms. The number of anilines is 1. The van der Waals surface area contributed by atoms with Gasteiger partial charge in [0.15, 0.2) is 0 Å². The number of aryl methyl sites for hydroxylation is 1. The van der Waals surface area contributed by atoms with Gasteiger partial charge in [-0.25, -0.2) is 14.4 Å². The van der Waals surface area contributed by atoms with E-state index in [2.05, 4.69) is 64.6 Å². The number of benzene rings is 2. The van der Waals surface area contributed by atoms with Crippen LogP contribution in [0.2, 0.25) is 0 Å². The summed E-state index contributed by atoms with van der Waals surface area (Å²) in [5.41, 5.74) is 5.52. The lowest BCUT2D eigenvalue weighted by atomic mass is 9.96. The van der Waals surface area contributed by atoms with Crippen molar-refractivity contribution >= 4 is 17.6 Å². The van der Waals surface area contributed by atoms with Crippen molar-refractivity contribution < 1.29 is 4.39 Å². The summed E-state index contributed by atoms with van der Waals surface area (Å²) in [4.78, 5) is 12.7. The molecule has 0 radical (unpaired) electrons. The fraction of sp³-hybridized carbons (Fsp3) is 0.500. The number of hydrogen-bond donors (Lipinski definition) is 1. The highest BCUT2D eigenvalue weighted by Crippen LogP contribution is 2.31. The normalized spacial score (nSPS) is 16.5. The molecular formula is C32H41FN4S. The molecule has 4 nitrogen and oxygen atoms in total. The molecule has 3 aromatic rings. The maximum atomic E-state index is 14.8. The molecule has 0 unspecified atom stereocenters. The first-order valence-corrected chi connectivity index (χ1v) is 15.0. The average molecular weight is 533 g/mol. The quantitative estimate of drug-likeness (QED) is 0.282. The zero-order chi connectivity index (χ0) is 26.5. The van der Waals surface area contributed by atoms with Gasteiger partial charge in [0.2, 0.25) is 0 Å². The highest BCUT2D eigenvalue weighted by molar-refractivity contribution is 8.00. The predicted molar refractivity (Wildman–Crippen MR) is 156 cm³/mol. The van der Waals surface area contributed by atoms with E-state index in [-0.39, 0.29) is 11.2 Å². The summed E-state index contributed by atoms with van der Waals surface area (Å²) in [7, 11) is 0. The van der Waals surface area contributed by atoms with Gasteiger partial charge in [0.05, 0.1) is 5.69 Å². The Morgan fingerprint density at radius 1 is 1.00 bits per heavy atom. The van der Waals surface area contributed by atoms with Crippen LogP contribution < -0.4 is 4.72 Å². The minimum Gasteiger partial charge on any atom is -0.323 e.